The molecular weight excluding hydrogens is 370 g/mol. The summed E-state index contributed by atoms with van der Waals surface area (Å²) in [5.74, 6) is 0.861. The first-order chi connectivity index (χ1) is 13.5. The number of aromatic amines is 1. The number of H-pyrrole nitrogens is 1. The normalized spacial score (nSPS) is 12.6. The maximum Gasteiger partial charge on any atom is 0.253 e. The first-order valence-corrected chi connectivity index (χ1v) is 10.2. The van der Waals surface area contributed by atoms with Crippen LogP contribution in [-0.2, 0) is 0 Å². The van der Waals surface area contributed by atoms with Crippen molar-refractivity contribution in [3.8, 4) is 5.13 Å². The second-order valence-electron chi connectivity index (χ2n) is 7.27. The van der Waals surface area contributed by atoms with E-state index in [1.165, 1.54) is 0 Å². The second-order valence-corrected chi connectivity index (χ2v) is 8.14. The van der Waals surface area contributed by atoms with Crippen molar-refractivity contribution in [2.45, 2.75) is 33.7 Å². The number of nitrogens with zero attached hydrogens (tertiary/aromatic N) is 3. The van der Waals surface area contributed by atoms with Gasteiger partial charge in [0.05, 0.1) is 22.6 Å². The zero-order valence-corrected chi connectivity index (χ0v) is 17.2. The molecule has 3 heterocycles. The smallest absolute Gasteiger partial charge is 0.253 e. The third-order valence-electron chi connectivity index (χ3n) is 4.94. The topological polar surface area (TPSA) is 75.6 Å². The van der Waals surface area contributed by atoms with Gasteiger partial charge in [0, 0.05) is 23.0 Å². The molecule has 0 bridgehead atoms. The fraction of sp³-hybridized carbons (Fsp3) is 0.286. The van der Waals surface area contributed by atoms with Crippen LogP contribution in [0.5, 0.6) is 0 Å². The molecule has 0 aliphatic carbocycles. The Bertz CT molecular complexity index is 1090. The highest BCUT2D eigenvalue weighted by molar-refractivity contribution is 7.12. The van der Waals surface area contributed by atoms with Crippen molar-refractivity contribution in [1.29, 1.82) is 0 Å². The summed E-state index contributed by atoms with van der Waals surface area (Å²) in [7, 11) is 0. The fourth-order valence-corrected chi connectivity index (χ4v) is 4.25. The molecule has 0 fully saturated rings. The molecule has 0 saturated carbocycles. The Kier molecular flexibility index (Phi) is 4.77. The number of nitrogens with one attached hydrogen (secondary N) is 2. The predicted octanol–water partition coefficient (Wildman–Crippen LogP) is 4.55. The zero-order chi connectivity index (χ0) is 19.8. The van der Waals surface area contributed by atoms with Gasteiger partial charge >= 0.3 is 0 Å². The van der Waals surface area contributed by atoms with E-state index >= 15 is 0 Å². The summed E-state index contributed by atoms with van der Waals surface area (Å²) in [5, 5.41) is 5.98. The minimum absolute atomic E-state index is 0.102. The summed E-state index contributed by atoms with van der Waals surface area (Å²) in [5.41, 5.74) is 4.41. The lowest BCUT2D eigenvalue weighted by Crippen LogP contribution is -2.32. The first kappa shape index (κ1) is 18.4. The summed E-state index contributed by atoms with van der Waals surface area (Å²) in [6, 6.07) is 9.61. The second kappa shape index (κ2) is 7.24. The molecule has 0 radical (unpaired) electrons. The van der Waals surface area contributed by atoms with Gasteiger partial charge in [0.1, 0.15) is 5.82 Å². The number of benzene rings is 1. The van der Waals surface area contributed by atoms with E-state index < -0.39 is 0 Å². The minimum atomic E-state index is -0.206. The van der Waals surface area contributed by atoms with Gasteiger partial charge in [-0.15, -0.1) is 11.3 Å². The lowest BCUT2D eigenvalue weighted by molar-refractivity contribution is 0.0922. The number of amides is 1. The number of hydrogen-bond acceptors (Lipinski definition) is 4. The van der Waals surface area contributed by atoms with Crippen LogP contribution >= 0.6 is 11.3 Å². The molecule has 2 N–H and O–H groups in total. The molecular formula is C21H23N5OS. The van der Waals surface area contributed by atoms with E-state index in [0.717, 1.165) is 33.4 Å². The molecule has 1 aromatic carbocycles. The average Bonchev–Trinajstić information content (AvgIpc) is 3.37. The molecule has 1 unspecified atom stereocenters. The third kappa shape index (κ3) is 3.22. The van der Waals surface area contributed by atoms with Gasteiger partial charge in [-0.2, -0.15) is 0 Å². The summed E-state index contributed by atoms with van der Waals surface area (Å²) >= 11 is 1.55. The van der Waals surface area contributed by atoms with Gasteiger partial charge in [-0.1, -0.05) is 26.0 Å². The molecule has 4 aromatic rings. The number of carbonyl (C=O) groups excluding carboxylic acids is 1. The van der Waals surface area contributed by atoms with Crippen LogP contribution in [0.2, 0.25) is 0 Å². The molecule has 0 spiro atoms. The van der Waals surface area contributed by atoms with E-state index in [1.54, 1.807) is 17.5 Å². The van der Waals surface area contributed by atoms with E-state index in [2.05, 4.69) is 34.1 Å². The van der Waals surface area contributed by atoms with Gasteiger partial charge in [-0.25, -0.2) is 9.97 Å². The standard InChI is InChI=1S/C21H23N5OS/c1-12(2)18(19-23-16-7-5-6-8-17(16)24-19)25-20(27)15-11-13(3)26(14(15)4)21-22-9-10-28-21/h5-12,18H,1-4H3,(H,23,24)(H,25,27). The van der Waals surface area contributed by atoms with Crippen molar-refractivity contribution in [2.75, 3.05) is 0 Å². The molecule has 28 heavy (non-hydrogen) atoms. The Morgan fingerprint density at radius 3 is 2.71 bits per heavy atom. The zero-order valence-electron chi connectivity index (χ0n) is 16.4. The maximum atomic E-state index is 13.1. The Balaban J connectivity index is 1.65. The van der Waals surface area contributed by atoms with Crippen molar-refractivity contribution in [2.24, 2.45) is 5.92 Å². The van der Waals surface area contributed by atoms with E-state index in [4.69, 9.17) is 0 Å². The number of rotatable bonds is 5. The largest absolute Gasteiger partial charge is 0.342 e. The van der Waals surface area contributed by atoms with E-state index in [9.17, 15) is 4.79 Å². The first-order valence-electron chi connectivity index (χ1n) is 9.30. The molecule has 144 valence electrons. The molecule has 0 saturated heterocycles. The SMILES string of the molecule is Cc1cc(C(=O)NC(c2nc3ccccc3[nH]2)C(C)C)c(C)n1-c1nccs1. The number of carbonyl (C=O) groups is 1. The number of fused-ring (bicyclic) bond motifs is 1. The van der Waals surface area contributed by atoms with Crippen molar-refractivity contribution >= 4 is 28.3 Å². The van der Waals surface area contributed by atoms with Crippen molar-refractivity contribution in [1.82, 2.24) is 24.8 Å². The minimum Gasteiger partial charge on any atom is -0.342 e. The van der Waals surface area contributed by atoms with Gasteiger partial charge in [0.25, 0.3) is 5.91 Å². The molecule has 7 heteroatoms. The molecule has 4 rings (SSSR count). The van der Waals surface area contributed by atoms with Crippen LogP contribution in [0, 0.1) is 19.8 Å². The van der Waals surface area contributed by atoms with Gasteiger partial charge in [-0.3, -0.25) is 9.36 Å². The fourth-order valence-electron chi connectivity index (χ4n) is 3.50. The summed E-state index contributed by atoms with van der Waals surface area (Å²) < 4.78 is 2.02. The monoisotopic (exact) mass is 393 g/mol. The van der Waals surface area contributed by atoms with Crippen LogP contribution in [0.25, 0.3) is 16.2 Å². The van der Waals surface area contributed by atoms with Crippen molar-refractivity contribution in [3.05, 3.63) is 64.7 Å². The van der Waals surface area contributed by atoms with Crippen LogP contribution in [0.1, 0.15) is 47.5 Å². The summed E-state index contributed by atoms with van der Waals surface area (Å²) in [6.07, 6.45) is 1.77. The van der Waals surface area contributed by atoms with Crippen LogP contribution in [0.4, 0.5) is 0 Å². The third-order valence-corrected chi connectivity index (χ3v) is 5.70. The van der Waals surface area contributed by atoms with Crippen LogP contribution < -0.4 is 5.32 Å². The number of para-hydroxylation sites is 2. The number of thiazole rings is 1. The van der Waals surface area contributed by atoms with Gasteiger partial charge in [-0.05, 0) is 38.0 Å². The van der Waals surface area contributed by atoms with Crippen molar-refractivity contribution < 1.29 is 4.79 Å². The van der Waals surface area contributed by atoms with Crippen LogP contribution in [-0.4, -0.2) is 25.4 Å². The summed E-state index contributed by atoms with van der Waals surface area (Å²) in [4.78, 5) is 25.5. The molecule has 0 aliphatic heterocycles. The predicted molar refractivity (Wildman–Crippen MR) is 112 cm³/mol. The average molecular weight is 394 g/mol. The number of aromatic nitrogens is 4. The molecule has 6 nitrogen and oxygen atoms in total. The number of hydrogen-bond donors (Lipinski definition) is 2. The van der Waals surface area contributed by atoms with Crippen molar-refractivity contribution in [3.63, 3.8) is 0 Å². The Labute approximate surface area is 167 Å². The highest BCUT2D eigenvalue weighted by Crippen LogP contribution is 2.25. The van der Waals surface area contributed by atoms with E-state index in [0.29, 0.717) is 5.56 Å². The molecule has 0 aliphatic rings. The Morgan fingerprint density at radius 2 is 2.04 bits per heavy atom. The number of aryl methyl sites for hydroxylation is 1. The van der Waals surface area contributed by atoms with Gasteiger partial charge in [0.15, 0.2) is 5.13 Å². The molecule has 3 aromatic heterocycles. The van der Waals surface area contributed by atoms with Gasteiger partial charge < -0.3 is 10.3 Å². The van der Waals surface area contributed by atoms with Crippen LogP contribution in [0.15, 0.2) is 41.9 Å². The molecule has 1 atom stereocenters. The van der Waals surface area contributed by atoms with E-state index in [1.807, 2.05) is 54.1 Å². The highest BCUT2D eigenvalue weighted by atomic mass is 32.1. The highest BCUT2D eigenvalue weighted by Gasteiger charge is 2.25. The lowest BCUT2D eigenvalue weighted by atomic mass is 10.0. The maximum absolute atomic E-state index is 13.1. The Hall–Kier alpha value is -2.93. The van der Waals surface area contributed by atoms with Crippen LogP contribution in [0.3, 0.4) is 0 Å². The quantitative estimate of drug-likeness (QED) is 0.522. The van der Waals surface area contributed by atoms with E-state index in [-0.39, 0.29) is 17.9 Å². The number of imidazole rings is 1. The lowest BCUT2D eigenvalue weighted by Gasteiger charge is -2.20. The summed E-state index contributed by atoms with van der Waals surface area (Å²) in [6.45, 7) is 8.10. The van der Waals surface area contributed by atoms with Gasteiger partial charge in [0.2, 0.25) is 0 Å². The molecule has 1 amide bonds. The Morgan fingerprint density at radius 1 is 1.25 bits per heavy atom.